The molecule has 17 heavy (non-hydrogen) atoms. The van der Waals surface area contributed by atoms with Crippen molar-refractivity contribution in [3.8, 4) is 0 Å². The first-order valence-electron chi connectivity index (χ1n) is 6.58. The number of hydrogen-bond acceptors (Lipinski definition) is 2. The molecular weight excluding hydrogens is 210 g/mol. The molecule has 0 saturated carbocycles. The minimum Gasteiger partial charge on any atom is -0.351 e. The van der Waals surface area contributed by atoms with Crippen LogP contribution in [0.25, 0.3) is 11.0 Å². The summed E-state index contributed by atoms with van der Waals surface area (Å²) in [7, 11) is 0. The molecule has 1 aliphatic rings. The average molecular weight is 229 g/mol. The number of benzene rings is 1. The van der Waals surface area contributed by atoms with Crippen LogP contribution in [-0.2, 0) is 0 Å². The summed E-state index contributed by atoms with van der Waals surface area (Å²) in [6.45, 7) is 4.50. The Bertz CT molecular complexity index is 529. The van der Waals surface area contributed by atoms with E-state index in [4.69, 9.17) is 0 Å². The van der Waals surface area contributed by atoms with Gasteiger partial charge in [-0.05, 0) is 25.0 Å². The van der Waals surface area contributed by atoms with Gasteiger partial charge in [0.25, 0.3) is 0 Å². The Labute approximate surface area is 102 Å². The van der Waals surface area contributed by atoms with Gasteiger partial charge in [-0.25, -0.2) is 4.98 Å². The number of hydrogen-bond donors (Lipinski definition) is 1. The van der Waals surface area contributed by atoms with E-state index in [0.29, 0.717) is 12.1 Å². The lowest BCUT2D eigenvalue weighted by molar-refractivity contribution is 0.441. The van der Waals surface area contributed by atoms with E-state index in [1.165, 1.54) is 18.4 Å². The second-order valence-corrected chi connectivity index (χ2v) is 4.81. The van der Waals surface area contributed by atoms with Gasteiger partial charge in [-0.3, -0.25) is 0 Å². The summed E-state index contributed by atoms with van der Waals surface area (Å²) in [4.78, 5) is 4.68. The molecule has 3 nitrogen and oxygen atoms in total. The van der Waals surface area contributed by atoms with Crippen molar-refractivity contribution in [2.75, 3.05) is 5.32 Å². The Morgan fingerprint density at radius 3 is 2.88 bits per heavy atom. The van der Waals surface area contributed by atoms with E-state index in [1.807, 2.05) is 0 Å². The van der Waals surface area contributed by atoms with Gasteiger partial charge in [-0.15, -0.1) is 0 Å². The Balaban J connectivity index is 2.12. The number of aromatic nitrogens is 2. The molecular formula is C14H19N3. The maximum atomic E-state index is 4.68. The minimum atomic E-state index is 0.544. The monoisotopic (exact) mass is 229 g/mol. The van der Waals surface area contributed by atoms with Crippen molar-refractivity contribution in [3.05, 3.63) is 24.3 Å². The molecule has 0 radical (unpaired) electrons. The maximum Gasteiger partial charge on any atom is 0.204 e. The highest BCUT2D eigenvalue weighted by Gasteiger charge is 2.32. The van der Waals surface area contributed by atoms with Crippen LogP contribution in [0, 0.1) is 0 Å². The zero-order valence-electron chi connectivity index (χ0n) is 10.5. The number of rotatable bonds is 3. The van der Waals surface area contributed by atoms with Crippen molar-refractivity contribution >= 4 is 17.0 Å². The van der Waals surface area contributed by atoms with Gasteiger partial charge in [0, 0.05) is 6.04 Å². The van der Waals surface area contributed by atoms with Crippen LogP contribution >= 0.6 is 0 Å². The minimum absolute atomic E-state index is 0.544. The zero-order chi connectivity index (χ0) is 11.8. The standard InChI is InChI=1S/C14H19N3/c1-3-7-12-10(4-2)15-14-16-11-8-5-6-9-13(11)17(12)14/h5-6,8-10,12H,3-4,7H2,1-2H3,(H,15,16). The fraction of sp³-hybridized carbons (Fsp3) is 0.500. The van der Waals surface area contributed by atoms with Gasteiger partial charge in [0.1, 0.15) is 0 Å². The molecule has 0 aliphatic carbocycles. The molecule has 3 rings (SSSR count). The molecule has 1 aromatic heterocycles. The molecule has 0 spiro atoms. The predicted octanol–water partition coefficient (Wildman–Crippen LogP) is 3.58. The molecule has 0 amide bonds. The van der Waals surface area contributed by atoms with Crippen molar-refractivity contribution in [1.29, 1.82) is 0 Å². The van der Waals surface area contributed by atoms with Gasteiger partial charge in [0.15, 0.2) is 0 Å². The highest BCUT2D eigenvalue weighted by molar-refractivity contribution is 5.79. The van der Waals surface area contributed by atoms with E-state index in [0.717, 1.165) is 17.9 Å². The molecule has 0 bridgehead atoms. The summed E-state index contributed by atoms with van der Waals surface area (Å²) < 4.78 is 2.40. The van der Waals surface area contributed by atoms with E-state index in [1.54, 1.807) is 0 Å². The second kappa shape index (κ2) is 4.06. The molecule has 0 fully saturated rings. The van der Waals surface area contributed by atoms with Crippen molar-refractivity contribution in [2.24, 2.45) is 0 Å². The van der Waals surface area contributed by atoms with E-state index < -0.39 is 0 Å². The van der Waals surface area contributed by atoms with Crippen molar-refractivity contribution in [2.45, 2.75) is 45.2 Å². The smallest absolute Gasteiger partial charge is 0.204 e. The molecule has 2 atom stereocenters. The fourth-order valence-corrected chi connectivity index (χ4v) is 2.92. The third-order valence-electron chi connectivity index (χ3n) is 3.73. The highest BCUT2D eigenvalue weighted by atomic mass is 15.3. The molecule has 1 N–H and O–H groups in total. The molecule has 90 valence electrons. The lowest BCUT2D eigenvalue weighted by Crippen LogP contribution is -2.21. The van der Waals surface area contributed by atoms with E-state index in [9.17, 15) is 0 Å². The summed E-state index contributed by atoms with van der Waals surface area (Å²) in [5.41, 5.74) is 2.37. The summed E-state index contributed by atoms with van der Waals surface area (Å²) in [5, 5.41) is 3.56. The Morgan fingerprint density at radius 2 is 2.12 bits per heavy atom. The predicted molar refractivity (Wildman–Crippen MR) is 71.4 cm³/mol. The lowest BCUT2D eigenvalue weighted by Gasteiger charge is -2.19. The van der Waals surface area contributed by atoms with Crippen molar-refractivity contribution < 1.29 is 0 Å². The van der Waals surface area contributed by atoms with Gasteiger partial charge in [-0.1, -0.05) is 32.4 Å². The zero-order valence-corrected chi connectivity index (χ0v) is 10.5. The van der Waals surface area contributed by atoms with Crippen LogP contribution in [0.15, 0.2) is 24.3 Å². The molecule has 2 aromatic rings. The topological polar surface area (TPSA) is 29.9 Å². The SMILES string of the molecule is CCCC1C(CC)Nc2nc3ccccc3n21. The third kappa shape index (κ3) is 1.53. The number of fused-ring (bicyclic) bond motifs is 3. The number of nitrogens with zero attached hydrogens (tertiary/aromatic N) is 2. The molecule has 0 saturated heterocycles. The molecule has 2 heterocycles. The first-order chi connectivity index (χ1) is 8.35. The van der Waals surface area contributed by atoms with Gasteiger partial charge in [0.2, 0.25) is 5.95 Å². The first-order valence-corrected chi connectivity index (χ1v) is 6.58. The summed E-state index contributed by atoms with van der Waals surface area (Å²) in [5.74, 6) is 1.05. The number of anilines is 1. The van der Waals surface area contributed by atoms with Crippen LogP contribution in [0.1, 0.15) is 39.2 Å². The number of para-hydroxylation sites is 2. The van der Waals surface area contributed by atoms with Crippen LogP contribution in [0.4, 0.5) is 5.95 Å². The van der Waals surface area contributed by atoms with Gasteiger partial charge >= 0.3 is 0 Å². The van der Waals surface area contributed by atoms with Crippen LogP contribution in [-0.4, -0.2) is 15.6 Å². The van der Waals surface area contributed by atoms with E-state index in [-0.39, 0.29) is 0 Å². The van der Waals surface area contributed by atoms with Crippen LogP contribution in [0.2, 0.25) is 0 Å². The van der Waals surface area contributed by atoms with Crippen molar-refractivity contribution in [1.82, 2.24) is 9.55 Å². The summed E-state index contributed by atoms with van der Waals surface area (Å²) in [6.07, 6.45) is 3.59. The van der Waals surface area contributed by atoms with Gasteiger partial charge in [0.05, 0.1) is 17.1 Å². The number of nitrogens with one attached hydrogen (secondary N) is 1. The van der Waals surface area contributed by atoms with Crippen LogP contribution < -0.4 is 5.32 Å². The van der Waals surface area contributed by atoms with E-state index >= 15 is 0 Å². The quantitative estimate of drug-likeness (QED) is 0.871. The van der Waals surface area contributed by atoms with Gasteiger partial charge < -0.3 is 9.88 Å². The Kier molecular flexibility index (Phi) is 2.54. The molecule has 3 heteroatoms. The Hall–Kier alpha value is -1.51. The normalized spacial score (nSPS) is 22.7. The highest BCUT2D eigenvalue weighted by Crippen LogP contribution is 2.36. The third-order valence-corrected chi connectivity index (χ3v) is 3.73. The molecule has 2 unspecified atom stereocenters. The summed E-state index contributed by atoms with van der Waals surface area (Å²) >= 11 is 0. The first kappa shape index (κ1) is 10.6. The van der Waals surface area contributed by atoms with Crippen LogP contribution in [0.3, 0.4) is 0 Å². The van der Waals surface area contributed by atoms with Gasteiger partial charge in [-0.2, -0.15) is 0 Å². The van der Waals surface area contributed by atoms with Crippen LogP contribution in [0.5, 0.6) is 0 Å². The fourth-order valence-electron chi connectivity index (χ4n) is 2.92. The number of imidazole rings is 1. The average Bonchev–Trinajstić information content (AvgIpc) is 2.86. The lowest BCUT2D eigenvalue weighted by atomic mass is 10.0. The Morgan fingerprint density at radius 1 is 1.29 bits per heavy atom. The van der Waals surface area contributed by atoms with E-state index in [2.05, 4.69) is 53.0 Å². The molecule has 1 aliphatic heterocycles. The summed E-state index contributed by atoms with van der Waals surface area (Å²) in [6, 6.07) is 9.52. The maximum absolute atomic E-state index is 4.68. The molecule has 1 aromatic carbocycles. The van der Waals surface area contributed by atoms with Crippen molar-refractivity contribution in [3.63, 3.8) is 0 Å². The second-order valence-electron chi connectivity index (χ2n) is 4.81. The largest absolute Gasteiger partial charge is 0.351 e.